The third kappa shape index (κ3) is 24.8. The quantitative estimate of drug-likeness (QED) is 0.0538. The predicted octanol–water partition coefficient (Wildman–Crippen LogP) is 11.1. The van der Waals surface area contributed by atoms with Gasteiger partial charge in [-0.3, -0.25) is 0 Å². The maximum Gasteiger partial charge on any atom is 0.146 e. The molecule has 0 spiro atoms. The first-order chi connectivity index (χ1) is 25.3. The lowest BCUT2D eigenvalue weighted by molar-refractivity contribution is -0.0572. The summed E-state index contributed by atoms with van der Waals surface area (Å²) in [6, 6.07) is 10.5. The number of aryl methyl sites for hydroxylation is 1. The number of benzene rings is 1. The van der Waals surface area contributed by atoms with Gasteiger partial charge in [0.2, 0.25) is 0 Å². The number of aromatic nitrogens is 2. The van der Waals surface area contributed by atoms with Crippen molar-refractivity contribution < 1.29 is 18.9 Å². The summed E-state index contributed by atoms with van der Waals surface area (Å²) >= 11 is 0. The normalized spacial score (nSPS) is 13.1. The molecule has 0 radical (unpaired) electrons. The van der Waals surface area contributed by atoms with E-state index in [9.17, 15) is 0 Å². The molecule has 0 aliphatic carbocycles. The van der Waals surface area contributed by atoms with E-state index < -0.39 is 0 Å². The second kappa shape index (κ2) is 33.8. The Labute approximate surface area is 312 Å². The Hall–Kier alpha value is -2.02. The summed E-state index contributed by atoms with van der Waals surface area (Å²) in [5.41, 5.74) is 2.22. The van der Waals surface area contributed by atoms with Gasteiger partial charge in [0.1, 0.15) is 19.4 Å². The van der Waals surface area contributed by atoms with E-state index >= 15 is 0 Å². The number of unbranched alkanes of at least 4 members (excludes halogenated alkanes) is 19. The molecule has 1 aromatic heterocycles. The number of ether oxygens (including phenoxy) is 4. The number of para-hydroxylation sites is 2. The van der Waals surface area contributed by atoms with Crippen molar-refractivity contribution in [2.75, 3.05) is 59.6 Å². The van der Waals surface area contributed by atoms with Gasteiger partial charge in [0.15, 0.2) is 0 Å². The van der Waals surface area contributed by atoms with E-state index in [-0.39, 0.29) is 0 Å². The smallest absolute Gasteiger partial charge is 0.146 e. The Balaban J connectivity index is 0.000000579. The SMILES string of the molecule is CCCOCOCCN1CCCC1.Cc1nc2ccccc2n1CCOCOCCCCCCCCCCCCCCCCCCCCCC#N. The Bertz CT molecular complexity index is 1080. The summed E-state index contributed by atoms with van der Waals surface area (Å²) in [7, 11) is 0. The molecule has 0 unspecified atom stereocenters. The fraction of sp³-hybridized carbons (Fsp3) is 0.814. The van der Waals surface area contributed by atoms with Gasteiger partial charge in [0, 0.05) is 32.7 Å². The molecular formula is C43H76N4O4. The fourth-order valence-electron chi connectivity index (χ4n) is 6.75. The minimum Gasteiger partial charge on any atom is -0.355 e. The molecule has 0 bridgehead atoms. The Kier molecular flexibility index (Phi) is 29.9. The van der Waals surface area contributed by atoms with Crippen LogP contribution in [0.2, 0.25) is 0 Å². The molecule has 3 rings (SSSR count). The summed E-state index contributed by atoms with van der Waals surface area (Å²) in [6.45, 7) is 12.4. The topological polar surface area (TPSA) is 81.8 Å². The van der Waals surface area contributed by atoms with Crippen molar-refractivity contribution in [1.29, 1.82) is 5.26 Å². The summed E-state index contributed by atoms with van der Waals surface area (Å²) in [5.74, 6) is 1.03. The van der Waals surface area contributed by atoms with Crippen LogP contribution in [0.15, 0.2) is 24.3 Å². The third-order valence-corrected chi connectivity index (χ3v) is 9.81. The zero-order chi connectivity index (χ0) is 36.3. The highest BCUT2D eigenvalue weighted by Crippen LogP contribution is 2.16. The maximum absolute atomic E-state index is 8.53. The first-order valence-electron chi connectivity index (χ1n) is 21.1. The lowest BCUT2D eigenvalue weighted by atomic mass is 10.0. The van der Waals surface area contributed by atoms with E-state index in [1.807, 2.05) is 13.0 Å². The largest absolute Gasteiger partial charge is 0.355 e. The van der Waals surface area contributed by atoms with Crippen molar-refractivity contribution in [3.8, 4) is 6.07 Å². The van der Waals surface area contributed by atoms with Crippen LogP contribution in [0.5, 0.6) is 0 Å². The third-order valence-electron chi connectivity index (χ3n) is 9.81. The average molecular weight is 713 g/mol. The summed E-state index contributed by atoms with van der Waals surface area (Å²) in [5, 5.41) is 8.53. The molecule has 0 N–H and O–H groups in total. The van der Waals surface area contributed by atoms with E-state index in [1.165, 1.54) is 141 Å². The first kappa shape index (κ1) is 45.1. The second-order valence-corrected chi connectivity index (χ2v) is 14.3. The van der Waals surface area contributed by atoms with E-state index in [2.05, 4.69) is 45.6 Å². The molecule has 8 nitrogen and oxygen atoms in total. The van der Waals surface area contributed by atoms with Crippen LogP contribution in [-0.2, 0) is 25.5 Å². The zero-order valence-electron chi connectivity index (χ0n) is 33.1. The number of nitrogens with zero attached hydrogens (tertiary/aromatic N) is 4. The van der Waals surface area contributed by atoms with Crippen molar-refractivity contribution in [3.05, 3.63) is 30.1 Å². The molecule has 1 aliphatic rings. The number of likely N-dealkylation sites (tertiary alicyclic amines) is 1. The number of hydrogen-bond donors (Lipinski definition) is 0. The lowest BCUT2D eigenvalue weighted by Gasteiger charge is -2.14. The molecule has 0 atom stereocenters. The van der Waals surface area contributed by atoms with Crippen LogP contribution in [0, 0.1) is 18.3 Å². The predicted molar refractivity (Wildman–Crippen MR) is 212 cm³/mol. The van der Waals surface area contributed by atoms with Gasteiger partial charge >= 0.3 is 0 Å². The summed E-state index contributed by atoms with van der Waals surface area (Å²) < 4.78 is 24.1. The van der Waals surface area contributed by atoms with Crippen molar-refractivity contribution in [3.63, 3.8) is 0 Å². The molecule has 2 aromatic rings. The molecule has 1 fully saturated rings. The lowest BCUT2D eigenvalue weighted by Crippen LogP contribution is -2.24. The van der Waals surface area contributed by atoms with Crippen molar-refractivity contribution in [2.24, 2.45) is 0 Å². The van der Waals surface area contributed by atoms with Crippen LogP contribution in [0.25, 0.3) is 11.0 Å². The van der Waals surface area contributed by atoms with Gasteiger partial charge in [-0.05, 0) is 64.3 Å². The molecule has 51 heavy (non-hydrogen) atoms. The minimum atomic E-state index is 0.386. The number of fused-ring (bicyclic) bond motifs is 1. The van der Waals surface area contributed by atoms with E-state index in [1.54, 1.807) is 0 Å². The maximum atomic E-state index is 8.53. The molecule has 1 saturated heterocycles. The molecule has 1 aromatic carbocycles. The molecule has 2 heterocycles. The number of rotatable bonds is 33. The van der Waals surface area contributed by atoms with Gasteiger partial charge in [-0.1, -0.05) is 128 Å². The van der Waals surface area contributed by atoms with Gasteiger partial charge in [-0.15, -0.1) is 0 Å². The van der Waals surface area contributed by atoms with E-state index in [0.29, 0.717) is 20.2 Å². The van der Waals surface area contributed by atoms with Gasteiger partial charge in [-0.25, -0.2) is 4.98 Å². The second-order valence-electron chi connectivity index (χ2n) is 14.3. The van der Waals surface area contributed by atoms with Crippen LogP contribution in [0.3, 0.4) is 0 Å². The highest BCUT2D eigenvalue weighted by atomic mass is 16.7. The molecule has 1 aliphatic heterocycles. The van der Waals surface area contributed by atoms with Gasteiger partial charge in [0.05, 0.1) is 30.3 Å². The molecular weight excluding hydrogens is 636 g/mol. The van der Waals surface area contributed by atoms with Crippen LogP contribution < -0.4 is 0 Å². The standard InChI is InChI=1S/C33H55N3O2.C10H21NO2/c1-31-35-32-24-20-21-25-33(32)36(31)27-29-38-30-37-28-23-19-17-15-13-11-9-7-5-3-2-4-6-8-10-12-14-16-18-22-26-34;1-2-8-12-10-13-9-7-11-5-3-4-6-11/h20-21,24-25H,2-19,22-23,27-30H2,1H3;2-10H2,1H3. The Morgan fingerprint density at radius 2 is 1.08 bits per heavy atom. The first-order valence-corrected chi connectivity index (χ1v) is 21.1. The van der Waals surface area contributed by atoms with Gasteiger partial charge < -0.3 is 28.4 Å². The number of nitriles is 1. The van der Waals surface area contributed by atoms with Gasteiger partial charge in [-0.2, -0.15) is 5.26 Å². The Morgan fingerprint density at radius 3 is 1.63 bits per heavy atom. The molecule has 0 saturated carbocycles. The van der Waals surface area contributed by atoms with Crippen molar-refractivity contribution in [1.82, 2.24) is 14.5 Å². The summed E-state index contributed by atoms with van der Waals surface area (Å²) in [6.07, 6.45) is 30.2. The Morgan fingerprint density at radius 1 is 0.608 bits per heavy atom. The average Bonchev–Trinajstić information content (AvgIpc) is 3.78. The van der Waals surface area contributed by atoms with Crippen molar-refractivity contribution in [2.45, 2.75) is 168 Å². The van der Waals surface area contributed by atoms with Gasteiger partial charge in [0.25, 0.3) is 0 Å². The highest BCUT2D eigenvalue weighted by molar-refractivity contribution is 5.75. The zero-order valence-corrected chi connectivity index (χ0v) is 33.1. The van der Waals surface area contributed by atoms with E-state index in [4.69, 9.17) is 24.2 Å². The van der Waals surface area contributed by atoms with Crippen LogP contribution >= 0.6 is 0 Å². The van der Waals surface area contributed by atoms with Crippen LogP contribution in [0.1, 0.15) is 160 Å². The number of hydrogen-bond acceptors (Lipinski definition) is 7. The highest BCUT2D eigenvalue weighted by Gasteiger charge is 2.10. The minimum absolute atomic E-state index is 0.386. The molecule has 0 amide bonds. The number of imidazole rings is 1. The van der Waals surface area contributed by atoms with E-state index in [0.717, 1.165) is 69.9 Å². The molecule has 8 heteroatoms. The van der Waals surface area contributed by atoms with Crippen LogP contribution in [-0.4, -0.2) is 74.1 Å². The monoisotopic (exact) mass is 713 g/mol. The summed E-state index contributed by atoms with van der Waals surface area (Å²) in [4.78, 5) is 7.04. The van der Waals surface area contributed by atoms with Crippen LogP contribution in [0.4, 0.5) is 0 Å². The molecule has 292 valence electrons. The van der Waals surface area contributed by atoms with Crippen molar-refractivity contribution >= 4 is 11.0 Å². The fourth-order valence-corrected chi connectivity index (χ4v) is 6.75.